The average Bonchev–Trinajstić information content (AvgIpc) is 2.98. The smallest absolute Gasteiger partial charge is 0.260 e. The Morgan fingerprint density at radius 1 is 1.45 bits per heavy atom. The molecule has 1 saturated heterocycles. The molecule has 1 unspecified atom stereocenters. The van der Waals surface area contributed by atoms with E-state index >= 15 is 0 Å². The molecule has 110 valence electrons. The fourth-order valence-electron chi connectivity index (χ4n) is 2.31. The summed E-state index contributed by atoms with van der Waals surface area (Å²) in [5, 5.41) is 2.99. The van der Waals surface area contributed by atoms with E-state index in [4.69, 9.17) is 4.74 Å². The van der Waals surface area contributed by atoms with Crippen LogP contribution >= 0.6 is 0 Å². The molecule has 1 heterocycles. The van der Waals surface area contributed by atoms with Crippen molar-refractivity contribution in [1.82, 2.24) is 10.2 Å². The van der Waals surface area contributed by atoms with Crippen molar-refractivity contribution in [3.63, 3.8) is 0 Å². The third-order valence-corrected chi connectivity index (χ3v) is 3.69. The zero-order chi connectivity index (χ0) is 14.5. The molecule has 1 aliphatic heterocycles. The Labute approximate surface area is 118 Å². The number of rotatable bonds is 5. The van der Waals surface area contributed by atoms with E-state index in [0.29, 0.717) is 11.3 Å². The number of carbonyl (C=O) groups is 1. The van der Waals surface area contributed by atoms with Crippen molar-refractivity contribution in [2.75, 3.05) is 26.7 Å². The number of hydrogen-bond acceptors (Lipinski definition) is 3. The summed E-state index contributed by atoms with van der Waals surface area (Å²) in [5.74, 6) is 0.0376. The highest BCUT2D eigenvalue weighted by Gasteiger charge is 2.18. The van der Waals surface area contributed by atoms with Crippen LogP contribution in [0.25, 0.3) is 0 Å². The normalized spacial score (nSPS) is 16.2. The van der Waals surface area contributed by atoms with E-state index in [1.54, 1.807) is 24.1 Å². The van der Waals surface area contributed by atoms with Crippen LogP contribution in [0, 0.1) is 5.82 Å². The van der Waals surface area contributed by atoms with Gasteiger partial charge in [0.15, 0.2) is 6.61 Å². The maximum Gasteiger partial charge on any atom is 0.260 e. The second-order valence-corrected chi connectivity index (χ2v) is 5.07. The van der Waals surface area contributed by atoms with Crippen molar-refractivity contribution in [1.29, 1.82) is 0 Å². The van der Waals surface area contributed by atoms with Crippen LogP contribution in [0.2, 0.25) is 0 Å². The molecule has 1 fully saturated rings. The van der Waals surface area contributed by atoms with E-state index in [0.717, 1.165) is 25.9 Å². The van der Waals surface area contributed by atoms with Crippen molar-refractivity contribution < 1.29 is 13.9 Å². The summed E-state index contributed by atoms with van der Waals surface area (Å²) in [5.41, 5.74) is 0.589. The summed E-state index contributed by atoms with van der Waals surface area (Å²) in [6, 6.07) is 4.66. The first kappa shape index (κ1) is 14.8. The van der Waals surface area contributed by atoms with Crippen LogP contribution in [-0.4, -0.2) is 37.6 Å². The molecule has 0 radical (unpaired) electrons. The number of hydrogen-bond donors (Lipinski definition) is 1. The van der Waals surface area contributed by atoms with Gasteiger partial charge in [0.25, 0.3) is 5.91 Å². The van der Waals surface area contributed by atoms with Gasteiger partial charge in [0.05, 0.1) is 0 Å². The summed E-state index contributed by atoms with van der Waals surface area (Å²) in [6.45, 7) is 3.46. The molecule has 4 nitrogen and oxygen atoms in total. The van der Waals surface area contributed by atoms with Crippen molar-refractivity contribution in [2.24, 2.45) is 0 Å². The molecule has 2 rings (SSSR count). The summed E-state index contributed by atoms with van der Waals surface area (Å²) in [6.07, 6.45) is 2.11. The molecule has 5 heteroatoms. The fourth-order valence-corrected chi connectivity index (χ4v) is 2.31. The number of benzene rings is 1. The van der Waals surface area contributed by atoms with Gasteiger partial charge in [-0.3, -0.25) is 4.79 Å². The van der Waals surface area contributed by atoms with Gasteiger partial charge >= 0.3 is 0 Å². The lowest BCUT2D eigenvalue weighted by Gasteiger charge is -2.16. The highest BCUT2D eigenvalue weighted by Crippen LogP contribution is 2.21. The molecule has 0 aromatic heterocycles. The van der Waals surface area contributed by atoms with Gasteiger partial charge in [0.2, 0.25) is 0 Å². The zero-order valence-corrected chi connectivity index (χ0v) is 12.0. The molecule has 1 aliphatic rings. The van der Waals surface area contributed by atoms with Crippen LogP contribution in [0.15, 0.2) is 18.2 Å². The molecule has 1 atom stereocenters. The van der Waals surface area contributed by atoms with Gasteiger partial charge in [-0.25, -0.2) is 4.39 Å². The zero-order valence-electron chi connectivity index (χ0n) is 12.0. The molecule has 1 N–H and O–H groups in total. The Hall–Kier alpha value is -1.62. The summed E-state index contributed by atoms with van der Waals surface area (Å²) in [7, 11) is 1.78. The second kappa shape index (κ2) is 6.70. The lowest BCUT2D eigenvalue weighted by molar-refractivity contribution is -0.132. The van der Waals surface area contributed by atoms with Crippen LogP contribution < -0.4 is 10.1 Å². The van der Waals surface area contributed by atoms with Gasteiger partial charge in [-0.05, 0) is 32.9 Å². The maximum atomic E-state index is 13.9. The average molecular weight is 280 g/mol. The third-order valence-electron chi connectivity index (χ3n) is 3.69. The fraction of sp³-hybridized carbons (Fsp3) is 0.533. The molecule has 0 spiro atoms. The highest BCUT2D eigenvalue weighted by atomic mass is 19.1. The second-order valence-electron chi connectivity index (χ2n) is 5.07. The molecular formula is C15H21FN2O2. The molecule has 20 heavy (non-hydrogen) atoms. The molecular weight excluding hydrogens is 259 g/mol. The summed E-state index contributed by atoms with van der Waals surface area (Å²) < 4.78 is 19.3. The predicted molar refractivity (Wildman–Crippen MR) is 75.2 cm³/mol. The van der Waals surface area contributed by atoms with Crippen molar-refractivity contribution in [2.45, 2.75) is 25.8 Å². The molecule has 0 bridgehead atoms. The van der Waals surface area contributed by atoms with E-state index < -0.39 is 0 Å². The lowest BCUT2D eigenvalue weighted by Crippen LogP contribution is -2.32. The summed E-state index contributed by atoms with van der Waals surface area (Å²) >= 11 is 0. The Morgan fingerprint density at radius 2 is 2.15 bits per heavy atom. The van der Waals surface area contributed by atoms with Crippen LogP contribution in [0.5, 0.6) is 5.75 Å². The number of ether oxygens (including phenoxy) is 1. The molecule has 1 aromatic carbocycles. The largest absolute Gasteiger partial charge is 0.484 e. The highest BCUT2D eigenvalue weighted by molar-refractivity contribution is 5.78. The minimum atomic E-state index is -0.321. The van der Waals surface area contributed by atoms with Crippen molar-refractivity contribution >= 4 is 5.91 Å². The Balaban J connectivity index is 1.93. The standard InChI is InChI=1S/C15H21FN2O2/c1-11(17-2)13-6-5-12(9-14(13)16)20-10-15(19)18-7-3-4-8-18/h5-6,9,11,17H,3-4,7-8,10H2,1-2H3. The SMILES string of the molecule is CNC(C)c1ccc(OCC(=O)N2CCCC2)cc1F. The van der Waals surface area contributed by atoms with Gasteiger partial charge in [0.1, 0.15) is 11.6 Å². The predicted octanol–water partition coefficient (Wildman–Crippen LogP) is 2.11. The van der Waals surface area contributed by atoms with Crippen LogP contribution in [-0.2, 0) is 4.79 Å². The number of likely N-dealkylation sites (tertiary alicyclic amines) is 1. The van der Waals surface area contributed by atoms with E-state index in [2.05, 4.69) is 5.32 Å². The Morgan fingerprint density at radius 3 is 2.75 bits per heavy atom. The summed E-state index contributed by atoms with van der Waals surface area (Å²) in [4.78, 5) is 13.6. The van der Waals surface area contributed by atoms with Gasteiger partial charge in [0, 0.05) is 30.8 Å². The van der Waals surface area contributed by atoms with Crippen molar-refractivity contribution in [3.05, 3.63) is 29.6 Å². The van der Waals surface area contributed by atoms with E-state index in [-0.39, 0.29) is 24.4 Å². The quantitative estimate of drug-likeness (QED) is 0.898. The van der Waals surface area contributed by atoms with E-state index in [9.17, 15) is 9.18 Å². The Kier molecular flexibility index (Phi) is 4.95. The van der Waals surface area contributed by atoms with Gasteiger partial charge in [-0.1, -0.05) is 6.07 Å². The number of nitrogens with one attached hydrogen (secondary N) is 1. The number of amides is 1. The third kappa shape index (κ3) is 3.48. The topological polar surface area (TPSA) is 41.6 Å². The minimum absolute atomic E-state index is 0.0274. The monoisotopic (exact) mass is 280 g/mol. The molecule has 1 aromatic rings. The number of carbonyl (C=O) groups excluding carboxylic acids is 1. The van der Waals surface area contributed by atoms with Crippen LogP contribution in [0.3, 0.4) is 0 Å². The van der Waals surface area contributed by atoms with Crippen molar-refractivity contribution in [3.8, 4) is 5.75 Å². The first-order chi connectivity index (χ1) is 9.61. The number of halogens is 1. The van der Waals surface area contributed by atoms with Gasteiger partial charge < -0.3 is 15.0 Å². The van der Waals surface area contributed by atoms with Crippen LogP contribution in [0.1, 0.15) is 31.4 Å². The first-order valence-corrected chi connectivity index (χ1v) is 6.99. The Bertz CT molecular complexity index is 473. The molecule has 0 aliphatic carbocycles. The molecule has 1 amide bonds. The van der Waals surface area contributed by atoms with E-state index in [1.807, 2.05) is 6.92 Å². The molecule has 0 saturated carbocycles. The van der Waals surface area contributed by atoms with Crippen LogP contribution in [0.4, 0.5) is 4.39 Å². The minimum Gasteiger partial charge on any atom is -0.484 e. The first-order valence-electron chi connectivity index (χ1n) is 6.99. The van der Waals surface area contributed by atoms with E-state index in [1.165, 1.54) is 6.07 Å². The van der Waals surface area contributed by atoms with Gasteiger partial charge in [-0.2, -0.15) is 0 Å². The number of nitrogens with zero attached hydrogens (tertiary/aromatic N) is 1. The lowest BCUT2D eigenvalue weighted by atomic mass is 10.1. The maximum absolute atomic E-state index is 13.9. The van der Waals surface area contributed by atoms with Gasteiger partial charge in [-0.15, -0.1) is 0 Å².